The molecule has 0 amide bonds. The van der Waals surface area contributed by atoms with Crippen LogP contribution in [0.1, 0.15) is 5.82 Å². The molecular formula is C19H16F3N3O4. The second-order valence-electron chi connectivity index (χ2n) is 6.10. The minimum absolute atomic E-state index is 0.0278. The van der Waals surface area contributed by atoms with E-state index in [1.165, 1.54) is 26.4 Å². The number of alkyl halides is 3. The Bertz CT molecular complexity index is 1070. The molecule has 0 unspecified atom stereocenters. The molecule has 1 aliphatic rings. The molecule has 0 atom stereocenters. The Kier molecular flexibility index (Phi) is 4.69. The molecule has 29 heavy (non-hydrogen) atoms. The Hall–Kier alpha value is -3.43. The fourth-order valence-corrected chi connectivity index (χ4v) is 2.94. The Labute approximate surface area is 163 Å². The minimum atomic E-state index is -4.72. The van der Waals surface area contributed by atoms with Gasteiger partial charge < -0.3 is 24.3 Å². The summed E-state index contributed by atoms with van der Waals surface area (Å²) in [4.78, 5) is 7.34. The van der Waals surface area contributed by atoms with E-state index in [1.807, 2.05) is 0 Å². The SMILES string of the molecule is COc1cc2nc(C(F)(F)F)nc(Nc3ccc4c(c3)OCCO4)c2cc1OC. The van der Waals surface area contributed by atoms with E-state index in [1.54, 1.807) is 18.2 Å². The summed E-state index contributed by atoms with van der Waals surface area (Å²) < 4.78 is 61.4. The lowest BCUT2D eigenvalue weighted by Gasteiger charge is -2.19. The van der Waals surface area contributed by atoms with E-state index in [9.17, 15) is 13.2 Å². The minimum Gasteiger partial charge on any atom is -0.493 e. The topological polar surface area (TPSA) is 74.7 Å². The fourth-order valence-electron chi connectivity index (χ4n) is 2.94. The summed E-state index contributed by atoms with van der Waals surface area (Å²) in [7, 11) is 2.83. The van der Waals surface area contributed by atoms with Gasteiger partial charge >= 0.3 is 6.18 Å². The third-order valence-corrected chi connectivity index (χ3v) is 4.26. The number of hydrogen-bond donors (Lipinski definition) is 1. The first-order valence-corrected chi connectivity index (χ1v) is 8.56. The molecule has 1 aliphatic heterocycles. The molecule has 2 heterocycles. The van der Waals surface area contributed by atoms with Gasteiger partial charge in [0.25, 0.3) is 0 Å². The predicted octanol–water partition coefficient (Wildman–Crippen LogP) is 4.18. The number of benzene rings is 2. The maximum absolute atomic E-state index is 13.3. The number of methoxy groups -OCH3 is 2. The monoisotopic (exact) mass is 407 g/mol. The predicted molar refractivity (Wildman–Crippen MR) is 98.4 cm³/mol. The van der Waals surface area contributed by atoms with Crippen molar-refractivity contribution in [3.63, 3.8) is 0 Å². The normalized spacial score (nSPS) is 13.3. The first-order valence-electron chi connectivity index (χ1n) is 8.56. The summed E-state index contributed by atoms with van der Waals surface area (Å²) in [6, 6.07) is 7.87. The van der Waals surface area contributed by atoms with Crippen LogP contribution < -0.4 is 24.3 Å². The zero-order valence-electron chi connectivity index (χ0n) is 15.5. The zero-order valence-corrected chi connectivity index (χ0v) is 15.5. The van der Waals surface area contributed by atoms with E-state index in [-0.39, 0.29) is 17.1 Å². The summed E-state index contributed by atoms with van der Waals surface area (Å²) in [5, 5.41) is 3.25. The first-order chi connectivity index (χ1) is 13.9. The van der Waals surface area contributed by atoms with Crippen molar-refractivity contribution in [3.8, 4) is 23.0 Å². The van der Waals surface area contributed by atoms with E-state index in [0.29, 0.717) is 41.5 Å². The van der Waals surface area contributed by atoms with Crippen molar-refractivity contribution in [2.24, 2.45) is 0 Å². The highest BCUT2D eigenvalue weighted by Crippen LogP contribution is 2.38. The highest BCUT2D eigenvalue weighted by molar-refractivity contribution is 5.93. The van der Waals surface area contributed by atoms with Gasteiger partial charge in [-0.1, -0.05) is 0 Å². The molecule has 10 heteroatoms. The number of fused-ring (bicyclic) bond motifs is 2. The van der Waals surface area contributed by atoms with Gasteiger partial charge in [0.05, 0.1) is 19.7 Å². The molecule has 2 aromatic carbocycles. The lowest BCUT2D eigenvalue weighted by atomic mass is 10.2. The van der Waals surface area contributed by atoms with Gasteiger partial charge in [-0.25, -0.2) is 9.97 Å². The summed E-state index contributed by atoms with van der Waals surface area (Å²) in [5.41, 5.74) is 0.544. The maximum atomic E-state index is 13.3. The van der Waals surface area contributed by atoms with Crippen molar-refractivity contribution >= 4 is 22.4 Å². The van der Waals surface area contributed by atoms with Crippen molar-refractivity contribution in [2.75, 3.05) is 32.8 Å². The van der Waals surface area contributed by atoms with Crippen LogP contribution in [0, 0.1) is 0 Å². The fraction of sp³-hybridized carbons (Fsp3) is 0.263. The van der Waals surface area contributed by atoms with Crippen LogP contribution >= 0.6 is 0 Å². The third-order valence-electron chi connectivity index (χ3n) is 4.26. The van der Waals surface area contributed by atoms with E-state index in [0.717, 1.165) is 0 Å². The second kappa shape index (κ2) is 7.19. The summed E-state index contributed by atoms with van der Waals surface area (Å²) in [6.45, 7) is 0.828. The lowest BCUT2D eigenvalue weighted by Crippen LogP contribution is -2.15. The molecular weight excluding hydrogens is 391 g/mol. The molecule has 0 aliphatic carbocycles. The van der Waals surface area contributed by atoms with Crippen molar-refractivity contribution in [2.45, 2.75) is 6.18 Å². The van der Waals surface area contributed by atoms with Gasteiger partial charge in [-0.15, -0.1) is 0 Å². The average Bonchev–Trinajstić information content (AvgIpc) is 2.71. The van der Waals surface area contributed by atoms with Gasteiger partial charge in [0.1, 0.15) is 19.0 Å². The smallest absolute Gasteiger partial charge is 0.451 e. The molecule has 1 N–H and O–H groups in total. The number of nitrogens with zero attached hydrogens (tertiary/aromatic N) is 2. The number of aromatic nitrogens is 2. The highest BCUT2D eigenvalue weighted by atomic mass is 19.4. The number of nitrogens with one attached hydrogen (secondary N) is 1. The van der Waals surface area contributed by atoms with Gasteiger partial charge in [-0.2, -0.15) is 13.2 Å². The maximum Gasteiger partial charge on any atom is 0.451 e. The van der Waals surface area contributed by atoms with Crippen molar-refractivity contribution in [3.05, 3.63) is 36.2 Å². The molecule has 4 rings (SSSR count). The number of anilines is 2. The lowest BCUT2D eigenvalue weighted by molar-refractivity contribution is -0.144. The van der Waals surface area contributed by atoms with Crippen LogP contribution in [0.15, 0.2) is 30.3 Å². The van der Waals surface area contributed by atoms with Crippen LogP contribution in [0.25, 0.3) is 10.9 Å². The Morgan fingerprint density at radius 1 is 0.931 bits per heavy atom. The van der Waals surface area contributed by atoms with Gasteiger partial charge in [0.2, 0.25) is 5.82 Å². The van der Waals surface area contributed by atoms with Crippen LogP contribution in [-0.4, -0.2) is 37.4 Å². The van der Waals surface area contributed by atoms with E-state index in [4.69, 9.17) is 18.9 Å². The average molecular weight is 407 g/mol. The number of rotatable bonds is 4. The molecule has 0 radical (unpaired) electrons. The molecule has 0 spiro atoms. The highest BCUT2D eigenvalue weighted by Gasteiger charge is 2.36. The quantitative estimate of drug-likeness (QED) is 0.695. The number of ether oxygens (including phenoxy) is 4. The Balaban J connectivity index is 1.85. The van der Waals surface area contributed by atoms with E-state index in [2.05, 4.69) is 15.3 Å². The molecule has 0 saturated heterocycles. The molecule has 0 bridgehead atoms. The van der Waals surface area contributed by atoms with Crippen LogP contribution in [-0.2, 0) is 6.18 Å². The van der Waals surface area contributed by atoms with Crippen LogP contribution in [0.3, 0.4) is 0 Å². The van der Waals surface area contributed by atoms with Gasteiger partial charge in [0.15, 0.2) is 23.0 Å². The number of halogens is 3. The molecule has 0 fully saturated rings. The third kappa shape index (κ3) is 3.65. The van der Waals surface area contributed by atoms with E-state index < -0.39 is 12.0 Å². The first kappa shape index (κ1) is 18.9. The Morgan fingerprint density at radius 2 is 1.62 bits per heavy atom. The summed E-state index contributed by atoms with van der Waals surface area (Å²) in [6.07, 6.45) is -4.72. The van der Waals surface area contributed by atoms with Gasteiger partial charge in [-0.3, -0.25) is 0 Å². The van der Waals surface area contributed by atoms with Crippen LogP contribution in [0.4, 0.5) is 24.7 Å². The van der Waals surface area contributed by atoms with Gasteiger partial charge in [0, 0.05) is 23.2 Å². The van der Waals surface area contributed by atoms with Crippen molar-refractivity contribution < 1.29 is 32.1 Å². The molecule has 0 saturated carbocycles. The standard InChI is InChI=1S/C19H16F3N3O4/c1-26-14-8-11-12(9-15(14)27-2)24-18(19(20,21)22)25-17(11)23-10-3-4-13-16(7-10)29-6-5-28-13/h3-4,7-9H,5-6H2,1-2H3,(H,23,24,25). The van der Waals surface area contributed by atoms with Crippen LogP contribution in [0.2, 0.25) is 0 Å². The Morgan fingerprint density at radius 3 is 2.31 bits per heavy atom. The number of hydrogen-bond acceptors (Lipinski definition) is 7. The van der Waals surface area contributed by atoms with Crippen LogP contribution in [0.5, 0.6) is 23.0 Å². The summed E-state index contributed by atoms with van der Waals surface area (Å²) >= 11 is 0. The summed E-state index contributed by atoms with van der Waals surface area (Å²) in [5.74, 6) is 0.370. The molecule has 1 aromatic heterocycles. The zero-order chi connectivity index (χ0) is 20.6. The molecule has 3 aromatic rings. The van der Waals surface area contributed by atoms with Gasteiger partial charge in [-0.05, 0) is 18.2 Å². The van der Waals surface area contributed by atoms with Crippen molar-refractivity contribution in [1.29, 1.82) is 0 Å². The van der Waals surface area contributed by atoms with Crippen molar-refractivity contribution in [1.82, 2.24) is 9.97 Å². The largest absolute Gasteiger partial charge is 0.493 e. The second-order valence-corrected chi connectivity index (χ2v) is 6.10. The van der Waals surface area contributed by atoms with E-state index >= 15 is 0 Å². The molecule has 7 nitrogen and oxygen atoms in total. The molecule has 152 valence electrons.